The molecule has 0 unspecified atom stereocenters. The number of hydrogen-bond donors (Lipinski definition) is 1. The Hall–Kier alpha value is -1.39. The van der Waals surface area contributed by atoms with Crippen molar-refractivity contribution in [1.29, 1.82) is 0 Å². The van der Waals surface area contributed by atoms with E-state index < -0.39 is 0 Å². The van der Waals surface area contributed by atoms with E-state index in [9.17, 15) is 0 Å². The quantitative estimate of drug-likeness (QED) is 0.910. The number of aromatic nitrogens is 2. The smallest absolute Gasteiger partial charge is 0.114 e. The van der Waals surface area contributed by atoms with Gasteiger partial charge in [0, 0.05) is 25.7 Å². The molecule has 4 heteroatoms. The predicted molar refractivity (Wildman–Crippen MR) is 77.1 cm³/mol. The van der Waals surface area contributed by atoms with Crippen molar-refractivity contribution in [3.05, 3.63) is 35.9 Å². The first kappa shape index (κ1) is 12.6. The fraction of sp³-hybridized carbons (Fsp3) is 0.533. The van der Waals surface area contributed by atoms with Crippen LogP contribution in [0.15, 0.2) is 24.5 Å². The average Bonchev–Trinajstić information content (AvgIpc) is 2.88. The summed E-state index contributed by atoms with van der Waals surface area (Å²) in [7, 11) is 0. The van der Waals surface area contributed by atoms with E-state index in [1.807, 2.05) is 6.20 Å². The minimum absolute atomic E-state index is 0.583. The third kappa shape index (κ3) is 2.80. The molecule has 0 atom stereocenters. The molecule has 3 heterocycles. The van der Waals surface area contributed by atoms with E-state index in [0.717, 1.165) is 29.9 Å². The molecule has 19 heavy (non-hydrogen) atoms. The number of nitrogens with two attached hydrogens (primary N) is 1. The van der Waals surface area contributed by atoms with Crippen LogP contribution >= 0.6 is 0 Å². The van der Waals surface area contributed by atoms with Crippen LogP contribution in [0.25, 0.3) is 5.52 Å². The lowest BCUT2D eigenvalue weighted by Crippen LogP contribution is -2.31. The van der Waals surface area contributed by atoms with E-state index in [-0.39, 0.29) is 0 Å². The summed E-state index contributed by atoms with van der Waals surface area (Å²) in [6, 6.07) is 4.17. The van der Waals surface area contributed by atoms with Gasteiger partial charge in [-0.05, 0) is 37.6 Å². The van der Waals surface area contributed by atoms with Crippen LogP contribution in [0.5, 0.6) is 0 Å². The van der Waals surface area contributed by atoms with Gasteiger partial charge in [0.15, 0.2) is 0 Å². The van der Waals surface area contributed by atoms with Crippen LogP contribution in [0.3, 0.4) is 0 Å². The average molecular weight is 258 g/mol. The molecule has 0 bridgehead atoms. The molecule has 1 saturated heterocycles. The zero-order valence-corrected chi connectivity index (χ0v) is 11.4. The number of nitrogens with zero attached hydrogens (tertiary/aromatic N) is 3. The molecule has 1 aliphatic rings. The summed E-state index contributed by atoms with van der Waals surface area (Å²) in [5.74, 6) is 1.15. The molecule has 4 nitrogen and oxygen atoms in total. The Morgan fingerprint density at radius 1 is 1.16 bits per heavy atom. The fourth-order valence-electron chi connectivity index (χ4n) is 2.83. The summed E-state index contributed by atoms with van der Waals surface area (Å²) in [5, 5.41) is 0. The van der Waals surface area contributed by atoms with E-state index in [2.05, 4.69) is 32.6 Å². The molecular formula is C15H22N4. The van der Waals surface area contributed by atoms with Gasteiger partial charge in [0.25, 0.3) is 0 Å². The van der Waals surface area contributed by atoms with E-state index in [0.29, 0.717) is 6.54 Å². The Morgan fingerprint density at radius 3 is 2.79 bits per heavy atom. The highest BCUT2D eigenvalue weighted by Gasteiger charge is 2.11. The van der Waals surface area contributed by atoms with Gasteiger partial charge < -0.3 is 15.0 Å². The molecule has 1 aliphatic heterocycles. The number of likely N-dealkylation sites (tertiary alicyclic amines) is 1. The van der Waals surface area contributed by atoms with Crippen molar-refractivity contribution in [3.8, 4) is 0 Å². The monoisotopic (exact) mass is 258 g/mol. The Morgan fingerprint density at radius 2 is 2.00 bits per heavy atom. The molecule has 2 N–H and O–H groups in total. The molecule has 0 saturated carbocycles. The molecule has 0 amide bonds. The number of imidazole rings is 1. The number of rotatable bonds is 4. The zero-order chi connectivity index (χ0) is 13.1. The van der Waals surface area contributed by atoms with E-state index in [1.165, 1.54) is 32.4 Å². The van der Waals surface area contributed by atoms with Crippen molar-refractivity contribution >= 4 is 5.52 Å². The van der Waals surface area contributed by atoms with Crippen LogP contribution in [0.2, 0.25) is 0 Å². The predicted octanol–water partition coefficient (Wildman–Crippen LogP) is 1.82. The van der Waals surface area contributed by atoms with Crippen LogP contribution in [0, 0.1) is 0 Å². The highest BCUT2D eigenvalue weighted by molar-refractivity contribution is 5.47. The molecule has 2 aromatic heterocycles. The zero-order valence-electron chi connectivity index (χ0n) is 11.4. The van der Waals surface area contributed by atoms with E-state index in [1.54, 1.807) is 0 Å². The summed E-state index contributed by atoms with van der Waals surface area (Å²) >= 11 is 0. The number of pyridine rings is 1. The van der Waals surface area contributed by atoms with Crippen molar-refractivity contribution in [1.82, 2.24) is 14.3 Å². The highest BCUT2D eigenvalue weighted by Crippen LogP contribution is 2.12. The van der Waals surface area contributed by atoms with Crippen molar-refractivity contribution in [2.24, 2.45) is 5.73 Å². The molecule has 102 valence electrons. The number of piperidine rings is 1. The van der Waals surface area contributed by atoms with Crippen molar-refractivity contribution in [3.63, 3.8) is 0 Å². The fourth-order valence-corrected chi connectivity index (χ4v) is 2.83. The third-order valence-corrected chi connectivity index (χ3v) is 4.00. The van der Waals surface area contributed by atoms with E-state index in [4.69, 9.17) is 5.73 Å². The molecule has 0 aliphatic carbocycles. The SMILES string of the molecule is NCc1ccc2cnc(CCN3CCCCC3)n2c1. The van der Waals surface area contributed by atoms with Gasteiger partial charge in [0.05, 0.1) is 11.7 Å². The van der Waals surface area contributed by atoms with Crippen LogP contribution in [-0.2, 0) is 13.0 Å². The van der Waals surface area contributed by atoms with Crippen molar-refractivity contribution in [2.75, 3.05) is 19.6 Å². The molecule has 0 aromatic carbocycles. The van der Waals surface area contributed by atoms with Crippen molar-refractivity contribution < 1.29 is 0 Å². The minimum Gasteiger partial charge on any atom is -0.326 e. The first-order valence-corrected chi connectivity index (χ1v) is 7.24. The minimum atomic E-state index is 0.583. The van der Waals surface area contributed by atoms with Gasteiger partial charge in [0.1, 0.15) is 5.82 Å². The number of hydrogen-bond acceptors (Lipinski definition) is 3. The lowest BCUT2D eigenvalue weighted by molar-refractivity contribution is 0.230. The maximum Gasteiger partial charge on any atom is 0.114 e. The first-order valence-electron chi connectivity index (χ1n) is 7.24. The maximum absolute atomic E-state index is 5.71. The Balaban J connectivity index is 1.72. The van der Waals surface area contributed by atoms with Gasteiger partial charge >= 0.3 is 0 Å². The first-order chi connectivity index (χ1) is 9.36. The summed E-state index contributed by atoms with van der Waals surface area (Å²) < 4.78 is 2.19. The molecule has 0 radical (unpaired) electrons. The topological polar surface area (TPSA) is 46.6 Å². The second-order valence-electron chi connectivity index (χ2n) is 5.36. The van der Waals surface area contributed by atoms with Gasteiger partial charge in [-0.1, -0.05) is 12.5 Å². The van der Waals surface area contributed by atoms with Crippen LogP contribution in [0.4, 0.5) is 0 Å². The number of fused-ring (bicyclic) bond motifs is 1. The summed E-state index contributed by atoms with van der Waals surface area (Å²) in [6.45, 7) is 4.19. The Bertz CT molecular complexity index is 540. The summed E-state index contributed by atoms with van der Waals surface area (Å²) in [6.07, 6.45) is 9.17. The van der Waals surface area contributed by atoms with Gasteiger partial charge in [-0.25, -0.2) is 4.98 Å². The molecule has 3 rings (SSSR count). The Labute approximate surface area is 114 Å². The second-order valence-corrected chi connectivity index (χ2v) is 5.36. The molecule has 1 fully saturated rings. The van der Waals surface area contributed by atoms with Gasteiger partial charge in [0.2, 0.25) is 0 Å². The third-order valence-electron chi connectivity index (χ3n) is 4.00. The highest BCUT2D eigenvalue weighted by atomic mass is 15.1. The standard InChI is InChI=1S/C15H22N4/c16-10-13-4-5-14-11-17-15(19(14)12-13)6-9-18-7-2-1-3-8-18/h4-5,11-12H,1-3,6-10,16H2. The van der Waals surface area contributed by atoms with Crippen molar-refractivity contribution in [2.45, 2.75) is 32.2 Å². The van der Waals surface area contributed by atoms with Gasteiger partial charge in [-0.3, -0.25) is 0 Å². The van der Waals surface area contributed by atoms with Gasteiger partial charge in [-0.2, -0.15) is 0 Å². The molecular weight excluding hydrogens is 236 g/mol. The van der Waals surface area contributed by atoms with Crippen LogP contribution < -0.4 is 5.73 Å². The normalized spacial score (nSPS) is 17.1. The summed E-state index contributed by atoms with van der Waals surface area (Å²) in [4.78, 5) is 7.10. The summed E-state index contributed by atoms with van der Waals surface area (Å²) in [5.41, 5.74) is 8.02. The lowest BCUT2D eigenvalue weighted by Gasteiger charge is -2.25. The van der Waals surface area contributed by atoms with E-state index >= 15 is 0 Å². The molecule has 2 aromatic rings. The lowest BCUT2D eigenvalue weighted by atomic mass is 10.1. The Kier molecular flexibility index (Phi) is 3.80. The largest absolute Gasteiger partial charge is 0.326 e. The van der Waals surface area contributed by atoms with Gasteiger partial charge in [-0.15, -0.1) is 0 Å². The second kappa shape index (κ2) is 5.72. The van der Waals surface area contributed by atoms with Crippen LogP contribution in [0.1, 0.15) is 30.7 Å². The molecule has 0 spiro atoms. The maximum atomic E-state index is 5.71. The van der Waals surface area contributed by atoms with Crippen LogP contribution in [-0.4, -0.2) is 33.9 Å².